The molecule has 6 aromatic carbocycles. The van der Waals surface area contributed by atoms with Crippen molar-refractivity contribution >= 4 is 76.5 Å². The summed E-state index contributed by atoms with van der Waals surface area (Å²) in [5.74, 6) is 0. The second-order valence-corrected chi connectivity index (χ2v) is 13.8. The van der Waals surface area contributed by atoms with Crippen LogP contribution in [0, 0.1) is 0 Å². The third-order valence-corrected chi connectivity index (χ3v) is 11.1. The van der Waals surface area contributed by atoms with Gasteiger partial charge >= 0.3 is 0 Å². The second kappa shape index (κ2) is 11.3. The van der Waals surface area contributed by atoms with Gasteiger partial charge in [-0.3, -0.25) is 4.98 Å². The molecule has 3 aromatic heterocycles. The Labute approximate surface area is 288 Å². The number of nitrogens with zero attached hydrogens (tertiary/aromatic N) is 3. The van der Waals surface area contributed by atoms with Crippen LogP contribution in [0.1, 0.15) is 17.5 Å². The molecule has 1 aliphatic carbocycles. The van der Waals surface area contributed by atoms with Crippen LogP contribution in [0.2, 0.25) is 0 Å². The van der Waals surface area contributed by atoms with Gasteiger partial charge in [-0.2, -0.15) is 0 Å². The number of anilines is 3. The summed E-state index contributed by atoms with van der Waals surface area (Å²) < 4.78 is 4.98. The van der Waals surface area contributed by atoms with Crippen LogP contribution in [-0.4, -0.2) is 9.55 Å². The quantitative estimate of drug-likeness (QED) is 0.186. The largest absolute Gasteiger partial charge is 0.309 e. The van der Waals surface area contributed by atoms with Gasteiger partial charge in [-0.05, 0) is 77.6 Å². The average molecular weight is 646 g/mol. The predicted molar refractivity (Wildman–Crippen MR) is 209 cm³/mol. The molecule has 0 saturated heterocycles. The first-order chi connectivity index (χ1) is 24.3. The molecule has 0 spiro atoms. The van der Waals surface area contributed by atoms with Crippen LogP contribution < -0.4 is 4.90 Å². The van der Waals surface area contributed by atoms with E-state index >= 15 is 0 Å². The molecule has 0 atom stereocenters. The zero-order chi connectivity index (χ0) is 32.3. The number of hydrogen-bond donors (Lipinski definition) is 0. The predicted octanol–water partition coefficient (Wildman–Crippen LogP) is 12.6. The van der Waals surface area contributed by atoms with Crippen molar-refractivity contribution in [2.45, 2.75) is 12.8 Å². The highest BCUT2D eigenvalue weighted by molar-refractivity contribution is 7.26. The minimum Gasteiger partial charge on any atom is -0.309 e. The molecule has 0 N–H and O–H groups in total. The van der Waals surface area contributed by atoms with Crippen LogP contribution in [-0.2, 0) is 6.42 Å². The molecule has 49 heavy (non-hydrogen) atoms. The molecule has 0 bridgehead atoms. The zero-order valence-corrected chi connectivity index (χ0v) is 27.6. The Hall–Kier alpha value is -5.97. The molecule has 232 valence electrons. The third kappa shape index (κ3) is 4.52. The van der Waals surface area contributed by atoms with E-state index in [1.165, 1.54) is 64.2 Å². The maximum Gasteiger partial charge on any atom is 0.0738 e. The van der Waals surface area contributed by atoms with E-state index in [-0.39, 0.29) is 0 Å². The lowest BCUT2D eigenvalue weighted by atomic mass is 9.95. The lowest BCUT2D eigenvalue weighted by molar-refractivity contribution is 1.000. The van der Waals surface area contributed by atoms with E-state index in [0.29, 0.717) is 0 Å². The number of rotatable bonds is 5. The molecular formula is C45H31N3S. The first-order valence-corrected chi connectivity index (χ1v) is 17.7. The summed E-state index contributed by atoms with van der Waals surface area (Å²) in [6.45, 7) is 0. The van der Waals surface area contributed by atoms with Gasteiger partial charge in [-0.1, -0.05) is 109 Å². The zero-order valence-electron chi connectivity index (χ0n) is 26.8. The van der Waals surface area contributed by atoms with Gasteiger partial charge in [0.15, 0.2) is 0 Å². The van der Waals surface area contributed by atoms with E-state index in [1.807, 2.05) is 17.5 Å². The second-order valence-electron chi connectivity index (χ2n) is 12.7. The number of pyridine rings is 1. The van der Waals surface area contributed by atoms with Crippen molar-refractivity contribution in [2.24, 2.45) is 0 Å². The smallest absolute Gasteiger partial charge is 0.0738 e. The molecule has 1 aliphatic rings. The van der Waals surface area contributed by atoms with Gasteiger partial charge in [0, 0.05) is 49.5 Å². The van der Waals surface area contributed by atoms with Crippen LogP contribution in [0.5, 0.6) is 0 Å². The minimum absolute atomic E-state index is 1.07. The molecule has 3 nitrogen and oxygen atoms in total. The summed E-state index contributed by atoms with van der Waals surface area (Å²) in [5, 5.41) is 5.04. The van der Waals surface area contributed by atoms with E-state index in [1.54, 1.807) is 0 Å². The highest BCUT2D eigenvalue weighted by Crippen LogP contribution is 2.47. The van der Waals surface area contributed by atoms with Gasteiger partial charge in [0.25, 0.3) is 0 Å². The number of para-hydroxylation sites is 2. The third-order valence-electron chi connectivity index (χ3n) is 9.93. The van der Waals surface area contributed by atoms with Crippen molar-refractivity contribution in [1.82, 2.24) is 9.55 Å². The van der Waals surface area contributed by atoms with Crippen LogP contribution in [0.15, 0.2) is 158 Å². The summed E-state index contributed by atoms with van der Waals surface area (Å²) in [4.78, 5) is 7.27. The Bertz CT molecular complexity index is 2700. The number of benzene rings is 6. The van der Waals surface area contributed by atoms with Gasteiger partial charge in [-0.15, -0.1) is 11.3 Å². The summed E-state index contributed by atoms with van der Waals surface area (Å²) in [6.07, 6.45) is 10.8. The molecule has 0 radical (unpaired) electrons. The molecule has 3 heterocycles. The first-order valence-electron chi connectivity index (χ1n) is 16.8. The topological polar surface area (TPSA) is 21.1 Å². The van der Waals surface area contributed by atoms with Crippen LogP contribution in [0.25, 0.3) is 64.9 Å². The lowest BCUT2D eigenvalue weighted by Crippen LogP contribution is -2.11. The van der Waals surface area contributed by atoms with E-state index in [9.17, 15) is 0 Å². The SMILES string of the molecule is C1=Cc2ccc3c(sc4cncc(N(c5ccc(-c6ccccc6)cc5)c5ccc6c7ccccc7n(-c7ccccc7)c6c5)c43)c2CC1. The average Bonchev–Trinajstić information content (AvgIpc) is 3.72. The fourth-order valence-electron chi connectivity index (χ4n) is 7.68. The molecular weight excluding hydrogens is 615 g/mol. The Morgan fingerprint density at radius 1 is 0.612 bits per heavy atom. The standard InChI is InChI=1S/C45H31N3S/c1-3-11-30(12-4-1)31-19-22-34(23-20-31)47(42-28-46-29-43-44(42)39-25-21-32-13-7-8-16-36(32)45(39)49-43)35-24-26-38-37-17-9-10-18-40(37)48(41(38)27-35)33-14-5-2-6-15-33/h1-7,9-15,17-29H,8,16H2. The van der Waals surface area contributed by atoms with Gasteiger partial charge in [0.1, 0.15) is 0 Å². The van der Waals surface area contributed by atoms with Crippen molar-refractivity contribution in [3.05, 3.63) is 169 Å². The van der Waals surface area contributed by atoms with Gasteiger partial charge in [0.05, 0.1) is 27.6 Å². The van der Waals surface area contributed by atoms with Gasteiger partial charge < -0.3 is 9.47 Å². The number of hydrogen-bond acceptors (Lipinski definition) is 3. The Morgan fingerprint density at radius 3 is 2.18 bits per heavy atom. The molecule has 10 rings (SSSR count). The number of fused-ring (bicyclic) bond motifs is 8. The summed E-state index contributed by atoms with van der Waals surface area (Å²) in [7, 11) is 0. The van der Waals surface area contributed by atoms with E-state index in [0.717, 1.165) is 35.6 Å². The molecule has 9 aromatic rings. The number of aryl methyl sites for hydroxylation is 1. The minimum atomic E-state index is 1.07. The fourth-order valence-corrected chi connectivity index (χ4v) is 8.95. The summed E-state index contributed by atoms with van der Waals surface area (Å²) in [6, 6.07) is 50.5. The van der Waals surface area contributed by atoms with Crippen LogP contribution >= 0.6 is 11.3 Å². The van der Waals surface area contributed by atoms with E-state index in [4.69, 9.17) is 4.98 Å². The van der Waals surface area contributed by atoms with Gasteiger partial charge in [-0.25, -0.2) is 0 Å². The van der Waals surface area contributed by atoms with Crippen LogP contribution in [0.4, 0.5) is 17.1 Å². The van der Waals surface area contributed by atoms with Crippen molar-refractivity contribution in [1.29, 1.82) is 0 Å². The first kappa shape index (κ1) is 28.1. The number of thiophene rings is 1. The molecule has 0 saturated carbocycles. The molecule has 0 fully saturated rings. The van der Waals surface area contributed by atoms with E-state index < -0.39 is 0 Å². The highest BCUT2D eigenvalue weighted by atomic mass is 32.1. The molecule has 0 amide bonds. The maximum atomic E-state index is 4.87. The lowest BCUT2D eigenvalue weighted by Gasteiger charge is -2.26. The van der Waals surface area contributed by atoms with Crippen molar-refractivity contribution in [3.8, 4) is 16.8 Å². The normalized spacial score (nSPS) is 12.7. The van der Waals surface area contributed by atoms with Gasteiger partial charge in [0.2, 0.25) is 0 Å². The fraction of sp³-hybridized carbons (Fsp3) is 0.0444. The van der Waals surface area contributed by atoms with Crippen molar-refractivity contribution in [3.63, 3.8) is 0 Å². The van der Waals surface area contributed by atoms with Crippen molar-refractivity contribution in [2.75, 3.05) is 4.90 Å². The Kier molecular flexibility index (Phi) is 6.49. The highest BCUT2D eigenvalue weighted by Gasteiger charge is 2.23. The van der Waals surface area contributed by atoms with Crippen molar-refractivity contribution < 1.29 is 0 Å². The molecule has 0 unspecified atom stereocenters. The monoisotopic (exact) mass is 645 g/mol. The Morgan fingerprint density at radius 2 is 1.33 bits per heavy atom. The number of allylic oxidation sites excluding steroid dienone is 1. The molecule has 4 heteroatoms. The number of aromatic nitrogens is 2. The van der Waals surface area contributed by atoms with E-state index in [2.05, 4.69) is 167 Å². The maximum absolute atomic E-state index is 4.87. The molecule has 0 aliphatic heterocycles. The van der Waals surface area contributed by atoms with Crippen LogP contribution in [0.3, 0.4) is 0 Å². The summed E-state index contributed by atoms with van der Waals surface area (Å²) in [5.41, 5.74) is 12.0. The Balaban J connectivity index is 1.24. The summed E-state index contributed by atoms with van der Waals surface area (Å²) >= 11 is 1.88.